The van der Waals surface area contributed by atoms with Gasteiger partial charge in [-0.25, -0.2) is 0 Å². The second-order valence-electron chi connectivity index (χ2n) is 9.82. The van der Waals surface area contributed by atoms with Crippen molar-refractivity contribution in [2.45, 2.75) is 65.3 Å². The molecule has 0 fully saturated rings. The Morgan fingerprint density at radius 3 is 2.07 bits per heavy atom. The molecule has 0 aromatic heterocycles. The van der Waals surface area contributed by atoms with Gasteiger partial charge in [-0.2, -0.15) is 0 Å². The van der Waals surface area contributed by atoms with E-state index in [0.717, 1.165) is 6.42 Å². The highest BCUT2D eigenvalue weighted by Gasteiger charge is 2.34. The summed E-state index contributed by atoms with van der Waals surface area (Å²) in [7, 11) is -4.39. The predicted molar refractivity (Wildman–Crippen MR) is 125 cm³/mol. The fourth-order valence-corrected chi connectivity index (χ4v) is 6.43. The van der Waals surface area contributed by atoms with E-state index >= 15 is 0 Å². The molecule has 0 spiro atoms. The summed E-state index contributed by atoms with van der Waals surface area (Å²) in [4.78, 5) is 26.1. The molecule has 1 aliphatic heterocycles. The highest BCUT2D eigenvalue weighted by Crippen LogP contribution is 2.50. The molecule has 1 unspecified atom stereocenters. The van der Waals surface area contributed by atoms with Crippen molar-refractivity contribution in [2.24, 2.45) is 0 Å². The SMILES string of the molecule is CC(C)(C)OP(=O)(CC#C[Si](C)(C)C)CCCCCN1C(=O)c2ccccc2C1=O. The van der Waals surface area contributed by atoms with Crippen molar-refractivity contribution >= 4 is 27.3 Å². The zero-order valence-corrected chi connectivity index (χ0v) is 21.0. The molecular weight excluding hydrogens is 413 g/mol. The summed E-state index contributed by atoms with van der Waals surface area (Å²) in [5.41, 5.74) is 3.74. The summed E-state index contributed by atoms with van der Waals surface area (Å²) in [6.45, 7) is 12.6. The second-order valence-corrected chi connectivity index (χ2v) is 17.1. The van der Waals surface area contributed by atoms with Crippen LogP contribution in [-0.4, -0.2) is 49.3 Å². The van der Waals surface area contributed by atoms with Crippen LogP contribution in [0.5, 0.6) is 0 Å². The summed E-state index contributed by atoms with van der Waals surface area (Å²) in [5.74, 6) is 2.68. The Hall–Kier alpha value is -1.67. The van der Waals surface area contributed by atoms with Crippen LogP contribution < -0.4 is 0 Å². The molecule has 1 aromatic rings. The minimum atomic E-state index is -2.86. The summed E-state index contributed by atoms with van der Waals surface area (Å²) in [6.07, 6.45) is 2.92. The molecule has 0 saturated carbocycles. The van der Waals surface area contributed by atoms with Crippen LogP contribution in [0.3, 0.4) is 0 Å². The Morgan fingerprint density at radius 1 is 1.00 bits per heavy atom. The third kappa shape index (κ3) is 7.23. The maximum absolute atomic E-state index is 13.4. The van der Waals surface area contributed by atoms with Gasteiger partial charge in [-0.15, -0.1) is 11.5 Å². The van der Waals surface area contributed by atoms with Gasteiger partial charge in [0.1, 0.15) is 8.07 Å². The minimum Gasteiger partial charge on any atom is -0.322 e. The number of fused-ring (bicyclic) bond motifs is 1. The molecular formula is C23H34NO4PSi. The van der Waals surface area contributed by atoms with E-state index in [9.17, 15) is 14.2 Å². The van der Waals surface area contributed by atoms with Crippen LogP contribution in [0.1, 0.15) is 60.7 Å². The molecule has 1 aliphatic rings. The van der Waals surface area contributed by atoms with E-state index < -0.39 is 21.0 Å². The number of amides is 2. The van der Waals surface area contributed by atoms with Crippen molar-refractivity contribution in [3.05, 3.63) is 35.4 Å². The van der Waals surface area contributed by atoms with E-state index in [0.29, 0.717) is 36.7 Å². The number of imide groups is 1. The van der Waals surface area contributed by atoms with E-state index in [1.165, 1.54) is 4.90 Å². The molecule has 2 amide bonds. The monoisotopic (exact) mass is 447 g/mol. The largest absolute Gasteiger partial charge is 0.322 e. The number of rotatable bonds is 8. The standard InChI is InChI=1S/C23H34NO4PSi/c1-23(2,3)28-29(27,17-12-18-30(4,5)6)16-11-7-10-15-24-21(25)19-13-8-9-14-20(19)22(24)26/h8-9,13-14H,7,10-11,15-17H2,1-6H3. The van der Waals surface area contributed by atoms with Crippen LogP contribution in [0.15, 0.2) is 24.3 Å². The van der Waals surface area contributed by atoms with Crippen LogP contribution in [0.4, 0.5) is 0 Å². The van der Waals surface area contributed by atoms with Gasteiger partial charge in [-0.05, 0) is 45.7 Å². The number of hydrogen-bond acceptors (Lipinski definition) is 4. The summed E-state index contributed by atoms with van der Waals surface area (Å²) in [6, 6.07) is 6.92. The van der Waals surface area contributed by atoms with Gasteiger partial charge < -0.3 is 4.52 Å². The van der Waals surface area contributed by atoms with E-state index in [-0.39, 0.29) is 18.0 Å². The van der Waals surface area contributed by atoms with Crippen LogP contribution in [-0.2, 0) is 9.09 Å². The number of unbranched alkanes of at least 4 members (excludes halogenated alkanes) is 2. The first-order valence-electron chi connectivity index (χ1n) is 10.6. The lowest BCUT2D eigenvalue weighted by Gasteiger charge is -2.26. The van der Waals surface area contributed by atoms with Gasteiger partial charge in [-0.1, -0.05) is 38.2 Å². The van der Waals surface area contributed by atoms with Crippen molar-refractivity contribution in [1.82, 2.24) is 4.90 Å². The molecule has 30 heavy (non-hydrogen) atoms. The average Bonchev–Trinajstić information content (AvgIpc) is 2.84. The molecule has 7 heteroatoms. The summed E-state index contributed by atoms with van der Waals surface area (Å²) >= 11 is 0. The minimum absolute atomic E-state index is 0.223. The third-order valence-corrected chi connectivity index (χ3v) is 7.93. The van der Waals surface area contributed by atoms with Gasteiger partial charge in [0, 0.05) is 12.7 Å². The van der Waals surface area contributed by atoms with Gasteiger partial charge in [0.05, 0.1) is 22.9 Å². The number of hydrogen-bond donors (Lipinski definition) is 0. The quantitative estimate of drug-likeness (QED) is 0.175. The molecule has 0 bridgehead atoms. The van der Waals surface area contributed by atoms with Gasteiger partial charge in [0.2, 0.25) is 7.37 Å². The molecule has 164 valence electrons. The van der Waals surface area contributed by atoms with Crippen LogP contribution >= 0.6 is 7.37 Å². The van der Waals surface area contributed by atoms with Gasteiger partial charge in [0.15, 0.2) is 0 Å². The van der Waals surface area contributed by atoms with E-state index in [2.05, 4.69) is 31.1 Å². The second kappa shape index (κ2) is 9.64. The molecule has 1 heterocycles. The van der Waals surface area contributed by atoms with E-state index in [1.807, 2.05) is 20.8 Å². The Kier molecular flexibility index (Phi) is 7.90. The smallest absolute Gasteiger partial charge is 0.261 e. The first-order chi connectivity index (χ1) is 13.8. The predicted octanol–water partition coefficient (Wildman–Crippen LogP) is 5.43. The lowest BCUT2D eigenvalue weighted by molar-refractivity contribution is 0.0651. The maximum atomic E-state index is 13.4. The number of benzene rings is 1. The fourth-order valence-electron chi connectivity index (χ4n) is 3.32. The van der Waals surface area contributed by atoms with Gasteiger partial charge in [0.25, 0.3) is 11.8 Å². The Bertz CT molecular complexity index is 867. The van der Waals surface area contributed by atoms with Crippen molar-refractivity contribution in [3.8, 4) is 11.5 Å². The first kappa shape index (κ1) is 24.6. The van der Waals surface area contributed by atoms with E-state index in [1.54, 1.807) is 24.3 Å². The Labute approximate surface area is 182 Å². The average molecular weight is 448 g/mol. The van der Waals surface area contributed by atoms with Crippen LogP contribution in [0, 0.1) is 11.5 Å². The van der Waals surface area contributed by atoms with Crippen molar-refractivity contribution in [3.63, 3.8) is 0 Å². The highest BCUT2D eigenvalue weighted by molar-refractivity contribution is 7.59. The zero-order chi connectivity index (χ0) is 22.6. The molecule has 1 atom stereocenters. The van der Waals surface area contributed by atoms with Crippen LogP contribution in [0.2, 0.25) is 19.6 Å². The third-order valence-electron chi connectivity index (χ3n) is 4.48. The molecule has 0 saturated heterocycles. The van der Waals surface area contributed by atoms with Gasteiger partial charge >= 0.3 is 0 Å². The molecule has 0 aliphatic carbocycles. The summed E-state index contributed by atoms with van der Waals surface area (Å²) in [5, 5.41) is 0. The molecule has 2 rings (SSSR count). The fraction of sp³-hybridized carbons (Fsp3) is 0.565. The van der Waals surface area contributed by atoms with E-state index in [4.69, 9.17) is 4.52 Å². The van der Waals surface area contributed by atoms with Crippen molar-refractivity contribution < 1.29 is 18.7 Å². The Balaban J connectivity index is 1.88. The van der Waals surface area contributed by atoms with Crippen molar-refractivity contribution in [2.75, 3.05) is 18.9 Å². The Morgan fingerprint density at radius 2 is 1.57 bits per heavy atom. The molecule has 1 aromatic carbocycles. The topological polar surface area (TPSA) is 63.7 Å². The number of carbonyl (C=O) groups excluding carboxylic acids is 2. The molecule has 0 radical (unpaired) electrons. The number of carbonyl (C=O) groups is 2. The highest BCUT2D eigenvalue weighted by atomic mass is 31.2. The zero-order valence-electron chi connectivity index (χ0n) is 19.1. The summed E-state index contributed by atoms with van der Waals surface area (Å²) < 4.78 is 19.3. The molecule has 0 N–H and O–H groups in total. The maximum Gasteiger partial charge on any atom is 0.261 e. The molecule has 5 nitrogen and oxygen atoms in total. The van der Waals surface area contributed by atoms with Crippen LogP contribution in [0.25, 0.3) is 0 Å². The van der Waals surface area contributed by atoms with Crippen molar-refractivity contribution in [1.29, 1.82) is 0 Å². The number of nitrogens with zero attached hydrogens (tertiary/aromatic N) is 1. The normalized spacial score (nSPS) is 16.1. The van der Waals surface area contributed by atoms with Gasteiger partial charge in [-0.3, -0.25) is 19.1 Å². The first-order valence-corrected chi connectivity index (χ1v) is 16.0. The lowest BCUT2D eigenvalue weighted by Crippen LogP contribution is -2.30. The lowest BCUT2D eigenvalue weighted by atomic mass is 10.1.